The van der Waals surface area contributed by atoms with Crippen LogP contribution in [-0.4, -0.2) is 39.1 Å². The van der Waals surface area contributed by atoms with Gasteiger partial charge in [0.1, 0.15) is 10.6 Å². The van der Waals surface area contributed by atoms with E-state index in [0.717, 1.165) is 12.8 Å². The minimum absolute atomic E-state index is 0.0254. The molecule has 0 radical (unpaired) electrons. The molecule has 6 nitrogen and oxygen atoms in total. The molecular weight excluding hydrogens is 280 g/mol. The average molecular weight is 298 g/mol. The number of carbonyl (C=O) groups excluding carboxylic acids is 2. The van der Waals surface area contributed by atoms with Crippen LogP contribution in [0.5, 0.6) is 0 Å². The van der Waals surface area contributed by atoms with Crippen molar-refractivity contribution in [1.29, 1.82) is 0 Å². The smallest absolute Gasteiger partial charge is 0.343 e. The van der Waals surface area contributed by atoms with Crippen LogP contribution in [0.15, 0.2) is 0 Å². The molecule has 0 atom stereocenters. The van der Waals surface area contributed by atoms with Gasteiger partial charge in [-0.05, 0) is 12.8 Å². The Morgan fingerprint density at radius 2 is 2.10 bits per heavy atom. The largest absolute Gasteiger partial charge is 0.465 e. The highest BCUT2D eigenvalue weighted by atomic mass is 32.1. The molecule has 2 rings (SSSR count). The molecule has 0 bridgehead atoms. The van der Waals surface area contributed by atoms with Crippen LogP contribution in [0.3, 0.4) is 0 Å². The molecule has 0 aromatic carbocycles. The number of Topliss-reactive ketones (excluding diaryl/α,β-unsaturated/α-hetero) is 1. The molecule has 20 heavy (non-hydrogen) atoms. The predicted molar refractivity (Wildman–Crippen MR) is 77.5 cm³/mol. The molecule has 1 aromatic heterocycles. The first-order valence-corrected chi connectivity index (χ1v) is 7.19. The van der Waals surface area contributed by atoms with E-state index < -0.39 is 5.97 Å². The Hall–Kier alpha value is -1.60. The number of thiophene rings is 1. The summed E-state index contributed by atoms with van der Waals surface area (Å²) in [4.78, 5) is 24.4. The van der Waals surface area contributed by atoms with Gasteiger partial charge >= 0.3 is 5.97 Å². The van der Waals surface area contributed by atoms with Gasteiger partial charge in [0.05, 0.1) is 24.3 Å². The molecule has 1 fully saturated rings. The van der Waals surface area contributed by atoms with E-state index in [2.05, 4.69) is 5.32 Å². The van der Waals surface area contributed by atoms with Crippen LogP contribution in [0, 0.1) is 5.92 Å². The monoisotopic (exact) mass is 298 g/mol. The standard InChI is InChI=1S/C13H18N2O4S/c1-18-6-5-15-12-8(13(17)19-2)9(14)11(20-12)10(16)7-3-4-7/h7,15H,3-6,14H2,1-2H3. The lowest BCUT2D eigenvalue weighted by Crippen LogP contribution is -2.11. The number of nitrogen functional groups attached to an aromatic ring is 1. The summed E-state index contributed by atoms with van der Waals surface area (Å²) < 4.78 is 9.69. The first kappa shape index (κ1) is 14.8. The van der Waals surface area contributed by atoms with Crippen LogP contribution in [0.25, 0.3) is 0 Å². The lowest BCUT2D eigenvalue weighted by atomic mass is 10.1. The number of ether oxygens (including phenoxy) is 2. The van der Waals surface area contributed by atoms with Crippen LogP contribution in [0.4, 0.5) is 10.7 Å². The van der Waals surface area contributed by atoms with Gasteiger partial charge < -0.3 is 20.5 Å². The van der Waals surface area contributed by atoms with E-state index in [1.807, 2.05) is 0 Å². The summed E-state index contributed by atoms with van der Waals surface area (Å²) in [5.74, 6) is -0.445. The van der Waals surface area contributed by atoms with E-state index >= 15 is 0 Å². The van der Waals surface area contributed by atoms with Crippen LogP contribution < -0.4 is 11.1 Å². The number of ketones is 1. The van der Waals surface area contributed by atoms with Crippen molar-refractivity contribution in [3.05, 3.63) is 10.4 Å². The Kier molecular flexibility index (Phi) is 4.61. The SMILES string of the molecule is COCCNc1sc(C(=O)C2CC2)c(N)c1C(=O)OC. The number of methoxy groups -OCH3 is 2. The number of hydrogen-bond acceptors (Lipinski definition) is 7. The van der Waals surface area contributed by atoms with E-state index in [1.54, 1.807) is 7.11 Å². The van der Waals surface area contributed by atoms with Gasteiger partial charge in [0.15, 0.2) is 5.78 Å². The van der Waals surface area contributed by atoms with Gasteiger partial charge in [-0.15, -0.1) is 11.3 Å². The highest BCUT2D eigenvalue weighted by Gasteiger charge is 2.35. The molecule has 1 aliphatic rings. The summed E-state index contributed by atoms with van der Waals surface area (Å²) >= 11 is 1.21. The molecule has 1 aromatic rings. The van der Waals surface area contributed by atoms with Gasteiger partial charge in [-0.25, -0.2) is 4.79 Å². The normalized spacial score (nSPS) is 14.1. The van der Waals surface area contributed by atoms with Crippen LogP contribution in [0.2, 0.25) is 0 Å². The molecular formula is C13H18N2O4S. The Morgan fingerprint density at radius 1 is 1.40 bits per heavy atom. The predicted octanol–water partition coefficient (Wildman–Crippen LogP) is 1.77. The first-order chi connectivity index (χ1) is 9.60. The fraction of sp³-hybridized carbons (Fsp3) is 0.538. The summed E-state index contributed by atoms with van der Waals surface area (Å²) in [5, 5.41) is 3.63. The van der Waals surface area contributed by atoms with E-state index in [-0.39, 0.29) is 23.0 Å². The van der Waals surface area contributed by atoms with Crippen LogP contribution in [-0.2, 0) is 9.47 Å². The lowest BCUT2D eigenvalue weighted by molar-refractivity contribution is 0.0603. The second-order valence-corrected chi connectivity index (χ2v) is 5.62. The Labute approximate surface area is 121 Å². The zero-order valence-corrected chi connectivity index (χ0v) is 12.3. The van der Waals surface area contributed by atoms with E-state index in [0.29, 0.717) is 23.0 Å². The molecule has 1 heterocycles. The molecule has 110 valence electrons. The zero-order chi connectivity index (χ0) is 14.7. The van der Waals surface area contributed by atoms with Crippen molar-refractivity contribution in [3.8, 4) is 0 Å². The molecule has 0 unspecified atom stereocenters. The molecule has 1 saturated carbocycles. The zero-order valence-electron chi connectivity index (χ0n) is 11.5. The lowest BCUT2D eigenvalue weighted by Gasteiger charge is -2.05. The molecule has 0 amide bonds. The summed E-state index contributed by atoms with van der Waals surface area (Å²) in [5.41, 5.74) is 6.44. The number of nitrogens with two attached hydrogens (primary N) is 1. The minimum atomic E-state index is -0.534. The third kappa shape index (κ3) is 2.94. The fourth-order valence-electron chi connectivity index (χ4n) is 1.85. The summed E-state index contributed by atoms with van der Waals surface area (Å²) in [6.45, 7) is 1.02. The summed E-state index contributed by atoms with van der Waals surface area (Å²) in [6.07, 6.45) is 1.80. The van der Waals surface area contributed by atoms with Crippen molar-refractivity contribution in [2.75, 3.05) is 38.4 Å². The van der Waals surface area contributed by atoms with Gasteiger partial charge in [0.2, 0.25) is 0 Å². The molecule has 0 saturated heterocycles. The van der Waals surface area contributed by atoms with Crippen molar-refractivity contribution >= 4 is 33.8 Å². The van der Waals surface area contributed by atoms with E-state index in [1.165, 1.54) is 18.4 Å². The maximum absolute atomic E-state index is 12.2. The second kappa shape index (κ2) is 6.23. The molecule has 3 N–H and O–H groups in total. The maximum Gasteiger partial charge on any atom is 0.343 e. The van der Waals surface area contributed by atoms with Crippen molar-refractivity contribution in [1.82, 2.24) is 0 Å². The molecule has 7 heteroatoms. The van der Waals surface area contributed by atoms with Gasteiger partial charge in [-0.1, -0.05) is 0 Å². The highest BCUT2D eigenvalue weighted by molar-refractivity contribution is 7.19. The number of esters is 1. The third-order valence-electron chi connectivity index (χ3n) is 3.10. The summed E-state index contributed by atoms with van der Waals surface area (Å²) in [7, 11) is 2.88. The maximum atomic E-state index is 12.2. The Balaban J connectivity index is 2.29. The van der Waals surface area contributed by atoms with Crippen molar-refractivity contribution in [3.63, 3.8) is 0 Å². The molecule has 0 aliphatic heterocycles. The molecule has 1 aliphatic carbocycles. The van der Waals surface area contributed by atoms with Gasteiger partial charge in [-0.2, -0.15) is 0 Å². The summed E-state index contributed by atoms with van der Waals surface area (Å²) in [6, 6.07) is 0. The second-order valence-electron chi connectivity index (χ2n) is 4.60. The van der Waals surface area contributed by atoms with Gasteiger partial charge in [0, 0.05) is 19.6 Å². The number of nitrogens with one attached hydrogen (secondary N) is 1. The fourth-order valence-corrected chi connectivity index (χ4v) is 3.01. The Bertz CT molecular complexity index is 523. The van der Waals surface area contributed by atoms with Crippen molar-refractivity contribution < 1.29 is 19.1 Å². The van der Waals surface area contributed by atoms with Crippen molar-refractivity contribution in [2.24, 2.45) is 5.92 Å². The van der Waals surface area contributed by atoms with Gasteiger partial charge in [0.25, 0.3) is 0 Å². The topological polar surface area (TPSA) is 90.6 Å². The number of anilines is 2. The quantitative estimate of drug-likeness (QED) is 0.453. The minimum Gasteiger partial charge on any atom is -0.465 e. The Morgan fingerprint density at radius 3 is 2.65 bits per heavy atom. The van der Waals surface area contributed by atoms with Gasteiger partial charge in [-0.3, -0.25) is 4.79 Å². The average Bonchev–Trinajstić information content (AvgIpc) is 3.23. The number of rotatable bonds is 7. The number of carbonyl (C=O) groups is 2. The van der Waals surface area contributed by atoms with E-state index in [4.69, 9.17) is 15.2 Å². The van der Waals surface area contributed by atoms with E-state index in [9.17, 15) is 9.59 Å². The van der Waals surface area contributed by atoms with Crippen molar-refractivity contribution in [2.45, 2.75) is 12.8 Å². The first-order valence-electron chi connectivity index (χ1n) is 6.37. The highest BCUT2D eigenvalue weighted by Crippen LogP contribution is 2.41. The van der Waals surface area contributed by atoms with Crippen LogP contribution >= 0.6 is 11.3 Å². The van der Waals surface area contributed by atoms with Crippen LogP contribution in [0.1, 0.15) is 32.9 Å². The molecule has 0 spiro atoms. The number of hydrogen-bond donors (Lipinski definition) is 2. The third-order valence-corrected chi connectivity index (χ3v) is 4.28.